The zero-order valence-electron chi connectivity index (χ0n) is 24.2. The van der Waals surface area contributed by atoms with Crippen molar-refractivity contribution in [3.63, 3.8) is 0 Å². The largest absolute Gasteiger partial charge is 0.481 e. The quantitative estimate of drug-likeness (QED) is 0.177. The molecule has 214 valence electrons. The fourth-order valence-corrected chi connectivity index (χ4v) is 9.39. The molecule has 6 nitrogen and oxygen atoms in total. The van der Waals surface area contributed by atoms with Gasteiger partial charge in [-0.2, -0.15) is 0 Å². The molecule has 3 fully saturated rings. The first kappa shape index (κ1) is 29.1. The molecule has 0 aromatic carbocycles. The van der Waals surface area contributed by atoms with Crippen LogP contribution in [-0.2, 0) is 19.1 Å². The van der Waals surface area contributed by atoms with Crippen LogP contribution in [0.15, 0.2) is 11.6 Å². The third-order valence-electron chi connectivity index (χ3n) is 11.4. The zero-order chi connectivity index (χ0) is 27.5. The van der Waals surface area contributed by atoms with E-state index in [1.54, 1.807) is 5.57 Å². The normalized spacial score (nSPS) is 36.7. The van der Waals surface area contributed by atoms with E-state index in [2.05, 4.69) is 32.2 Å². The summed E-state index contributed by atoms with van der Waals surface area (Å²) in [6.07, 6.45) is 16.1. The van der Waals surface area contributed by atoms with Gasteiger partial charge in [0.25, 0.3) is 0 Å². The summed E-state index contributed by atoms with van der Waals surface area (Å²) in [5.74, 6) is 2.75. The van der Waals surface area contributed by atoms with E-state index in [9.17, 15) is 14.4 Å². The lowest BCUT2D eigenvalue weighted by atomic mass is 9.47. The number of amides is 1. The Morgan fingerprint density at radius 2 is 1.84 bits per heavy atom. The third kappa shape index (κ3) is 6.14. The number of carboxylic acids is 1. The smallest absolute Gasteiger partial charge is 0.303 e. The lowest BCUT2D eigenvalue weighted by Crippen LogP contribution is -2.51. The molecule has 1 amide bonds. The maximum atomic E-state index is 12.5. The molecule has 0 heterocycles. The maximum absolute atomic E-state index is 12.5. The van der Waals surface area contributed by atoms with Gasteiger partial charge in [-0.25, -0.2) is 0 Å². The second kappa shape index (κ2) is 12.1. The topological polar surface area (TPSA) is 92.7 Å². The molecule has 0 spiro atoms. The number of hydrogen-bond acceptors (Lipinski definition) is 4. The van der Waals surface area contributed by atoms with Crippen molar-refractivity contribution in [2.24, 2.45) is 40.4 Å². The van der Waals surface area contributed by atoms with Gasteiger partial charge < -0.3 is 15.2 Å². The fourth-order valence-electron chi connectivity index (χ4n) is 9.39. The first-order chi connectivity index (χ1) is 18.0. The summed E-state index contributed by atoms with van der Waals surface area (Å²) in [5, 5.41) is 11.8. The van der Waals surface area contributed by atoms with Crippen LogP contribution in [0.1, 0.15) is 118 Å². The molecule has 0 bridgehead atoms. The minimum Gasteiger partial charge on any atom is -0.481 e. The fraction of sp³-hybridized carbons (Fsp3) is 0.844. The number of carbonyl (C=O) groups is 3. The summed E-state index contributed by atoms with van der Waals surface area (Å²) < 4.78 is 5.60. The molecule has 8 atom stereocenters. The number of hydrogen-bond donors (Lipinski definition) is 2. The molecule has 0 aromatic heterocycles. The Kier molecular flexibility index (Phi) is 9.30. The molecule has 4 aliphatic carbocycles. The summed E-state index contributed by atoms with van der Waals surface area (Å²) >= 11 is 0. The number of nitrogens with one attached hydrogen (secondary N) is 1. The highest BCUT2D eigenvalue weighted by atomic mass is 16.5. The van der Waals surface area contributed by atoms with Crippen LogP contribution in [0.5, 0.6) is 0 Å². The van der Waals surface area contributed by atoms with Crippen molar-refractivity contribution in [1.82, 2.24) is 5.32 Å². The number of esters is 1. The van der Waals surface area contributed by atoms with Crippen molar-refractivity contribution in [2.45, 2.75) is 124 Å². The molecule has 4 aliphatic rings. The molecule has 0 radical (unpaired) electrons. The summed E-state index contributed by atoms with van der Waals surface area (Å²) in [4.78, 5) is 34.6. The van der Waals surface area contributed by atoms with E-state index in [-0.39, 0.29) is 29.8 Å². The van der Waals surface area contributed by atoms with Crippen molar-refractivity contribution >= 4 is 17.8 Å². The van der Waals surface area contributed by atoms with Crippen molar-refractivity contribution < 1.29 is 24.2 Å². The van der Waals surface area contributed by atoms with Crippen LogP contribution < -0.4 is 5.32 Å². The van der Waals surface area contributed by atoms with Gasteiger partial charge in [0.05, 0.1) is 0 Å². The second-order valence-electron chi connectivity index (χ2n) is 13.5. The number of rotatable bonds is 11. The maximum Gasteiger partial charge on any atom is 0.303 e. The summed E-state index contributed by atoms with van der Waals surface area (Å²) in [6.45, 7) is 9.62. The number of unbranched alkanes of at least 4 members (excludes halogenated alkanes) is 2. The molecule has 0 saturated heterocycles. The number of ether oxygens (including phenoxy) is 1. The van der Waals surface area contributed by atoms with Crippen LogP contribution in [-0.4, -0.2) is 35.6 Å². The van der Waals surface area contributed by atoms with E-state index in [0.29, 0.717) is 36.6 Å². The van der Waals surface area contributed by atoms with Gasteiger partial charge >= 0.3 is 11.9 Å². The molecule has 2 N–H and O–H groups in total. The van der Waals surface area contributed by atoms with E-state index in [1.807, 2.05) is 0 Å². The van der Waals surface area contributed by atoms with Crippen LogP contribution in [0.25, 0.3) is 0 Å². The second-order valence-corrected chi connectivity index (χ2v) is 13.5. The predicted octanol–water partition coefficient (Wildman–Crippen LogP) is 6.67. The van der Waals surface area contributed by atoms with Gasteiger partial charge in [0.2, 0.25) is 5.91 Å². The van der Waals surface area contributed by atoms with Crippen LogP contribution in [0, 0.1) is 40.4 Å². The van der Waals surface area contributed by atoms with Crippen LogP contribution in [0.4, 0.5) is 0 Å². The lowest BCUT2D eigenvalue weighted by Gasteiger charge is -2.58. The van der Waals surface area contributed by atoms with Crippen molar-refractivity contribution in [1.29, 1.82) is 0 Å². The van der Waals surface area contributed by atoms with Crippen molar-refractivity contribution in [2.75, 3.05) is 6.54 Å². The molecule has 3 saturated carbocycles. The molecule has 38 heavy (non-hydrogen) atoms. The molecular weight excluding hydrogens is 478 g/mol. The first-order valence-corrected chi connectivity index (χ1v) is 15.4. The van der Waals surface area contributed by atoms with Gasteiger partial charge in [-0.05, 0) is 105 Å². The van der Waals surface area contributed by atoms with Crippen LogP contribution >= 0.6 is 0 Å². The lowest BCUT2D eigenvalue weighted by molar-refractivity contribution is -0.148. The van der Waals surface area contributed by atoms with E-state index in [4.69, 9.17) is 9.84 Å². The number of fused-ring (bicyclic) bond motifs is 5. The SMILES string of the molecule is CC(=O)O[C@H]1CC[C@@]2(C)C(=CC[C@H]3[C@@H]4CC[C@H]([C@H](C)CCC(=O)NCCCCCC(=O)O)[C@@]4(C)CC[C@@H]32)C1. The Morgan fingerprint density at radius 1 is 1.05 bits per heavy atom. The average Bonchev–Trinajstić information content (AvgIpc) is 3.21. The molecule has 6 heteroatoms. The summed E-state index contributed by atoms with van der Waals surface area (Å²) in [7, 11) is 0. The van der Waals surface area contributed by atoms with E-state index < -0.39 is 5.97 Å². The Hall–Kier alpha value is -1.85. The van der Waals surface area contributed by atoms with E-state index in [1.165, 1.54) is 39.0 Å². The molecule has 4 rings (SSSR count). The summed E-state index contributed by atoms with van der Waals surface area (Å²) in [6, 6.07) is 0. The van der Waals surface area contributed by atoms with Gasteiger partial charge in [-0.15, -0.1) is 0 Å². The standard InChI is InChI=1S/C32H51NO5/c1-21(9-14-29(35)33-19-7-5-6-8-30(36)37)26-12-13-27-25-11-10-23-20-24(38-22(2)34)15-17-31(23,3)28(25)16-18-32(26,27)4/h10,21,24-28H,5-9,11-20H2,1-4H3,(H,33,35)(H,36,37)/t21-,24+,25+,26-,27+,28+,31+,32-/m1/s1. The van der Waals surface area contributed by atoms with E-state index >= 15 is 0 Å². The highest BCUT2D eigenvalue weighted by Gasteiger charge is 2.59. The van der Waals surface area contributed by atoms with Crippen molar-refractivity contribution in [3.8, 4) is 0 Å². The van der Waals surface area contributed by atoms with Crippen molar-refractivity contribution in [3.05, 3.63) is 11.6 Å². The van der Waals surface area contributed by atoms with Gasteiger partial charge in [0.1, 0.15) is 6.10 Å². The zero-order valence-corrected chi connectivity index (χ0v) is 24.2. The van der Waals surface area contributed by atoms with Gasteiger partial charge in [-0.1, -0.05) is 38.8 Å². The number of carbonyl (C=O) groups excluding carboxylic acids is 2. The third-order valence-corrected chi connectivity index (χ3v) is 11.4. The van der Waals surface area contributed by atoms with Gasteiger partial charge in [-0.3, -0.25) is 14.4 Å². The molecule has 0 unspecified atom stereocenters. The molecular formula is C32H51NO5. The molecule has 0 aliphatic heterocycles. The number of allylic oxidation sites excluding steroid dienone is 1. The van der Waals surface area contributed by atoms with Crippen LogP contribution in [0.2, 0.25) is 0 Å². The number of carboxylic acid groups (broad SMARTS) is 1. The highest BCUT2D eigenvalue weighted by Crippen LogP contribution is 2.67. The Bertz CT molecular complexity index is 914. The van der Waals surface area contributed by atoms with Gasteiger partial charge in [0, 0.05) is 32.7 Å². The number of aliphatic carboxylic acids is 1. The highest BCUT2D eigenvalue weighted by molar-refractivity contribution is 5.75. The predicted molar refractivity (Wildman–Crippen MR) is 148 cm³/mol. The minimum atomic E-state index is -0.748. The van der Waals surface area contributed by atoms with Gasteiger partial charge in [0.15, 0.2) is 0 Å². The minimum absolute atomic E-state index is 0.0584. The summed E-state index contributed by atoms with van der Waals surface area (Å²) in [5.41, 5.74) is 2.18. The van der Waals surface area contributed by atoms with Crippen LogP contribution in [0.3, 0.4) is 0 Å². The Morgan fingerprint density at radius 3 is 2.58 bits per heavy atom. The first-order valence-electron chi connectivity index (χ1n) is 15.4. The Balaban J connectivity index is 1.29. The van der Waals surface area contributed by atoms with E-state index in [0.717, 1.165) is 56.3 Å². The molecule has 0 aromatic rings. The average molecular weight is 530 g/mol. The monoisotopic (exact) mass is 529 g/mol. The Labute approximate surface area is 229 Å².